The highest BCUT2D eigenvalue weighted by atomic mass is 79.9. The molecule has 0 radical (unpaired) electrons. The number of hydrogen-bond acceptors (Lipinski definition) is 16. The molecule has 0 bridgehead atoms. The number of methoxy groups -OCH3 is 2. The Balaban J connectivity index is 2.92. The van der Waals surface area contributed by atoms with E-state index in [4.69, 9.17) is 52.1 Å². The molecular weight excluding hydrogens is 744 g/mol. The van der Waals surface area contributed by atoms with Gasteiger partial charge in [-0.25, -0.2) is 19.2 Å². The maximum Gasteiger partial charge on any atom is 0.509 e. The molecule has 0 aromatic heterocycles. The summed E-state index contributed by atoms with van der Waals surface area (Å²) >= 11 is 3.29. The Morgan fingerprint density at radius 1 is 0.667 bits per heavy atom. The van der Waals surface area contributed by atoms with Crippen molar-refractivity contribution in [1.29, 1.82) is 0 Å². The van der Waals surface area contributed by atoms with E-state index in [1.54, 1.807) is 83.1 Å². The fourth-order valence-electron chi connectivity index (χ4n) is 4.52. The lowest BCUT2D eigenvalue weighted by Gasteiger charge is -2.45. The van der Waals surface area contributed by atoms with Gasteiger partial charge in [0.15, 0.2) is 18.3 Å². The van der Waals surface area contributed by atoms with Crippen LogP contribution in [0.2, 0.25) is 0 Å². The maximum atomic E-state index is 13.3. The Bertz CT molecular complexity index is 1400. The molecule has 16 nitrogen and oxygen atoms in total. The van der Waals surface area contributed by atoms with Crippen molar-refractivity contribution < 1.29 is 76.4 Å². The maximum absolute atomic E-state index is 13.3. The van der Waals surface area contributed by atoms with E-state index >= 15 is 0 Å². The lowest BCUT2D eigenvalue weighted by atomic mass is 9.89. The van der Waals surface area contributed by atoms with E-state index in [0.717, 1.165) is 0 Å². The Morgan fingerprint density at radius 3 is 1.49 bits per heavy atom. The van der Waals surface area contributed by atoms with Crippen molar-refractivity contribution in [2.75, 3.05) is 20.8 Å². The first-order chi connectivity index (χ1) is 23.1. The minimum absolute atomic E-state index is 0.0234. The minimum Gasteiger partial charge on any atom is -0.506 e. The second kappa shape index (κ2) is 16.7. The molecule has 2 rings (SSSR count). The summed E-state index contributed by atoms with van der Waals surface area (Å²) in [6, 6.07) is 1.23. The van der Waals surface area contributed by atoms with Crippen LogP contribution in [0.15, 0.2) is 10.5 Å². The van der Waals surface area contributed by atoms with Crippen LogP contribution >= 0.6 is 15.9 Å². The molecule has 1 fully saturated rings. The molecule has 1 aliphatic rings. The van der Waals surface area contributed by atoms with Crippen LogP contribution in [0.25, 0.3) is 0 Å². The number of rotatable bonds is 8. The number of benzene rings is 1. The zero-order chi connectivity index (χ0) is 39.3. The van der Waals surface area contributed by atoms with Gasteiger partial charge in [-0.1, -0.05) is 0 Å². The number of carbonyl (C=O) groups is 4. The Kier molecular flexibility index (Phi) is 14.1. The third-order valence-corrected chi connectivity index (χ3v) is 6.93. The fraction of sp³-hybridized carbons (Fsp3) is 0.706. The van der Waals surface area contributed by atoms with Gasteiger partial charge >= 0.3 is 24.6 Å². The summed E-state index contributed by atoms with van der Waals surface area (Å²) in [6.07, 6.45) is -13.0. The summed E-state index contributed by atoms with van der Waals surface area (Å²) in [5.41, 5.74) is -4.04. The molecule has 1 aromatic carbocycles. The van der Waals surface area contributed by atoms with E-state index in [0.29, 0.717) is 0 Å². The summed E-state index contributed by atoms with van der Waals surface area (Å²) in [5, 5.41) is 10.6. The van der Waals surface area contributed by atoms with E-state index in [1.807, 2.05) is 0 Å². The lowest BCUT2D eigenvalue weighted by Crippen LogP contribution is -2.60. The summed E-state index contributed by atoms with van der Waals surface area (Å²) in [7, 11) is 2.59. The highest BCUT2D eigenvalue weighted by Crippen LogP contribution is 2.50. The van der Waals surface area contributed by atoms with Gasteiger partial charge in [0.05, 0.1) is 19.8 Å². The molecule has 1 heterocycles. The standard InChI is InChI=1S/C34H51BrO16/c1-31(2,3)48-27(37)43-16-19-22(45-28(38)49-32(4,5)6)25(46-29(39)50-33(7,8)9)26(47-30(40)51-34(10,11)12)24(44-19)20-18(41-13)15-17(36)21(35)23(20)42-14/h15,19,22,24-26,36H,16H2,1-14H3/t19-,22-,24+,25+,26+/m1/s1. The van der Waals surface area contributed by atoms with Gasteiger partial charge in [-0.15, -0.1) is 0 Å². The number of carbonyl (C=O) groups excluding carboxylic acids is 4. The normalized spacial score (nSPS) is 21.0. The van der Waals surface area contributed by atoms with Crippen LogP contribution in [0.1, 0.15) is 94.8 Å². The molecule has 1 aromatic rings. The first-order valence-corrected chi connectivity index (χ1v) is 16.8. The van der Waals surface area contributed by atoms with E-state index in [9.17, 15) is 24.3 Å². The highest BCUT2D eigenvalue weighted by molar-refractivity contribution is 9.10. The Labute approximate surface area is 306 Å². The zero-order valence-electron chi connectivity index (χ0n) is 31.6. The van der Waals surface area contributed by atoms with Crippen molar-refractivity contribution in [2.45, 2.75) is 136 Å². The molecule has 1 aliphatic heterocycles. The van der Waals surface area contributed by atoms with Crippen LogP contribution in [-0.2, 0) is 42.6 Å². The van der Waals surface area contributed by atoms with E-state index in [1.165, 1.54) is 20.3 Å². The SMILES string of the molecule is COc1cc(O)c(Br)c(OC)c1[C@@H]1O[C@H](COC(=O)OC(C)(C)C)[C@@H](OC(=O)OC(C)(C)C)[C@H](OC(=O)OC(C)(C)C)[C@H]1OC(=O)OC(C)(C)C. The molecule has 51 heavy (non-hydrogen) atoms. The van der Waals surface area contributed by atoms with Crippen molar-refractivity contribution in [3.8, 4) is 17.2 Å². The molecule has 290 valence electrons. The summed E-state index contributed by atoms with van der Waals surface area (Å²) < 4.78 is 61.9. The van der Waals surface area contributed by atoms with Crippen LogP contribution in [-0.4, -0.2) is 97.4 Å². The van der Waals surface area contributed by atoms with Gasteiger partial charge in [0.2, 0.25) is 0 Å². The molecule has 0 amide bonds. The van der Waals surface area contributed by atoms with Crippen molar-refractivity contribution in [3.63, 3.8) is 0 Å². The number of phenolic OH excluding ortho intramolecular Hbond substituents is 1. The second-order valence-electron chi connectivity index (χ2n) is 15.4. The first-order valence-electron chi connectivity index (χ1n) is 16.0. The Hall–Kier alpha value is -3.86. The lowest BCUT2D eigenvalue weighted by molar-refractivity contribution is -0.245. The third-order valence-electron chi connectivity index (χ3n) is 6.16. The third kappa shape index (κ3) is 13.7. The number of phenols is 1. The molecule has 0 aliphatic carbocycles. The van der Waals surface area contributed by atoms with Crippen molar-refractivity contribution in [2.24, 2.45) is 0 Å². The second-order valence-corrected chi connectivity index (χ2v) is 16.2. The number of aromatic hydroxyl groups is 1. The van der Waals surface area contributed by atoms with E-state index in [-0.39, 0.29) is 27.3 Å². The average molecular weight is 796 g/mol. The van der Waals surface area contributed by atoms with Crippen LogP contribution in [0, 0.1) is 0 Å². The summed E-state index contributed by atoms with van der Waals surface area (Å²) in [6.45, 7) is 18.6. The van der Waals surface area contributed by atoms with Crippen LogP contribution < -0.4 is 9.47 Å². The van der Waals surface area contributed by atoms with Gasteiger partial charge in [-0.05, 0) is 99.0 Å². The molecule has 17 heteroatoms. The summed E-state index contributed by atoms with van der Waals surface area (Å²) in [4.78, 5) is 52.6. The van der Waals surface area contributed by atoms with Crippen LogP contribution in [0.5, 0.6) is 17.2 Å². The molecule has 0 spiro atoms. The quantitative estimate of drug-likeness (QED) is 0.201. The van der Waals surface area contributed by atoms with Gasteiger partial charge in [0, 0.05) is 6.07 Å². The first kappa shape index (κ1) is 43.3. The Morgan fingerprint density at radius 2 is 1.08 bits per heavy atom. The topological polar surface area (TPSA) is 190 Å². The average Bonchev–Trinajstić information content (AvgIpc) is 2.91. The minimum atomic E-state index is -1.77. The number of hydrogen-bond donors (Lipinski definition) is 1. The fourth-order valence-corrected chi connectivity index (χ4v) is 5.01. The largest absolute Gasteiger partial charge is 0.509 e. The number of halogens is 1. The zero-order valence-corrected chi connectivity index (χ0v) is 33.2. The molecule has 1 N–H and O–H groups in total. The monoisotopic (exact) mass is 794 g/mol. The van der Waals surface area contributed by atoms with Gasteiger partial charge in [-0.3, -0.25) is 0 Å². The molecule has 0 saturated carbocycles. The smallest absolute Gasteiger partial charge is 0.506 e. The number of ether oxygens (including phenoxy) is 11. The van der Waals surface area contributed by atoms with Gasteiger partial charge in [0.25, 0.3) is 0 Å². The van der Waals surface area contributed by atoms with Crippen molar-refractivity contribution >= 4 is 40.6 Å². The molecule has 0 unspecified atom stereocenters. The van der Waals surface area contributed by atoms with Gasteiger partial charge < -0.3 is 57.2 Å². The predicted molar refractivity (Wildman–Crippen MR) is 182 cm³/mol. The predicted octanol–water partition coefficient (Wildman–Crippen LogP) is 7.52. The molecular formula is C34H51BrO16. The van der Waals surface area contributed by atoms with Crippen LogP contribution in [0.4, 0.5) is 19.2 Å². The van der Waals surface area contributed by atoms with Crippen molar-refractivity contribution in [1.82, 2.24) is 0 Å². The summed E-state index contributed by atoms with van der Waals surface area (Å²) in [5.74, 6) is -0.348. The highest BCUT2D eigenvalue weighted by Gasteiger charge is 2.56. The van der Waals surface area contributed by atoms with Gasteiger partial charge in [0.1, 0.15) is 62.9 Å². The van der Waals surface area contributed by atoms with Gasteiger partial charge in [-0.2, -0.15) is 0 Å². The molecule has 1 saturated heterocycles. The molecule has 5 atom stereocenters. The van der Waals surface area contributed by atoms with Crippen molar-refractivity contribution in [3.05, 3.63) is 16.1 Å². The van der Waals surface area contributed by atoms with E-state index in [2.05, 4.69) is 15.9 Å². The van der Waals surface area contributed by atoms with E-state index < -0.39 is 84.2 Å². The van der Waals surface area contributed by atoms with Crippen LogP contribution in [0.3, 0.4) is 0 Å².